The van der Waals surface area contributed by atoms with Crippen LogP contribution in [0.4, 0.5) is 0 Å². The largest absolute Gasteiger partial charge is 0.497 e. The molecule has 0 aliphatic carbocycles. The van der Waals surface area contributed by atoms with Crippen molar-refractivity contribution in [1.29, 1.82) is 0 Å². The summed E-state index contributed by atoms with van der Waals surface area (Å²) in [5.41, 5.74) is 1.50. The van der Waals surface area contributed by atoms with Gasteiger partial charge in [-0.1, -0.05) is 66.7 Å². The van der Waals surface area contributed by atoms with Crippen molar-refractivity contribution >= 4 is 17.9 Å². The quantitative estimate of drug-likeness (QED) is 0.190. The summed E-state index contributed by atoms with van der Waals surface area (Å²) in [6.07, 6.45) is -6.85. The van der Waals surface area contributed by atoms with Crippen molar-refractivity contribution in [1.82, 2.24) is 0 Å². The van der Waals surface area contributed by atoms with E-state index in [1.807, 2.05) is 0 Å². The molecule has 45 heavy (non-hydrogen) atoms. The van der Waals surface area contributed by atoms with Gasteiger partial charge in [0, 0.05) is 0 Å². The summed E-state index contributed by atoms with van der Waals surface area (Å²) >= 11 is 0. The van der Waals surface area contributed by atoms with Crippen LogP contribution in [0, 0.1) is 0 Å². The molecule has 1 heterocycles. The van der Waals surface area contributed by atoms with Crippen LogP contribution in [0.2, 0.25) is 0 Å². The predicted molar refractivity (Wildman–Crippen MR) is 160 cm³/mol. The van der Waals surface area contributed by atoms with E-state index in [0.717, 1.165) is 5.56 Å². The van der Waals surface area contributed by atoms with Crippen LogP contribution in [-0.2, 0) is 30.3 Å². The molecule has 0 spiro atoms. The van der Waals surface area contributed by atoms with Gasteiger partial charge < -0.3 is 33.5 Å². The van der Waals surface area contributed by atoms with E-state index < -0.39 is 55.2 Å². The molecule has 5 rings (SSSR count). The Morgan fingerprint density at radius 1 is 0.644 bits per heavy atom. The molecule has 232 valence electrons. The average Bonchev–Trinajstić information content (AvgIpc) is 3.09. The van der Waals surface area contributed by atoms with Gasteiger partial charge in [0.25, 0.3) is 0 Å². The van der Waals surface area contributed by atoms with Crippen LogP contribution in [0.5, 0.6) is 5.75 Å². The second-order valence-corrected chi connectivity index (χ2v) is 10.1. The highest BCUT2D eigenvalue weighted by Gasteiger charge is 2.51. The van der Waals surface area contributed by atoms with E-state index in [0.29, 0.717) is 11.3 Å². The number of rotatable bonds is 11. The third kappa shape index (κ3) is 8.12. The van der Waals surface area contributed by atoms with Crippen molar-refractivity contribution in [3.63, 3.8) is 0 Å². The Balaban J connectivity index is 1.45. The van der Waals surface area contributed by atoms with Gasteiger partial charge in [-0.05, 0) is 54.1 Å². The van der Waals surface area contributed by atoms with E-state index in [4.69, 9.17) is 28.4 Å². The lowest BCUT2D eigenvalue weighted by atomic mass is 9.97. The van der Waals surface area contributed by atoms with E-state index >= 15 is 0 Å². The number of aliphatic hydroxyl groups excluding tert-OH is 1. The number of aliphatic hydroxyl groups is 1. The van der Waals surface area contributed by atoms with E-state index in [1.54, 1.807) is 122 Å². The number of carbonyl (C=O) groups excluding carboxylic acids is 3. The van der Waals surface area contributed by atoms with E-state index in [1.165, 1.54) is 0 Å². The molecule has 1 N–H and O–H groups in total. The van der Waals surface area contributed by atoms with E-state index in [9.17, 15) is 19.5 Å². The molecule has 0 saturated carbocycles. The molecule has 1 aliphatic heterocycles. The number of methoxy groups -OCH3 is 1. The van der Waals surface area contributed by atoms with Crippen molar-refractivity contribution in [2.45, 2.75) is 37.3 Å². The van der Waals surface area contributed by atoms with E-state index in [-0.39, 0.29) is 17.7 Å². The summed E-state index contributed by atoms with van der Waals surface area (Å²) in [6, 6.07) is 31.9. The van der Waals surface area contributed by atoms with Gasteiger partial charge in [0.15, 0.2) is 18.5 Å². The van der Waals surface area contributed by atoms with Crippen LogP contribution in [0.25, 0.3) is 0 Å². The van der Waals surface area contributed by atoms with Crippen LogP contribution in [-0.4, -0.2) is 67.4 Å². The van der Waals surface area contributed by atoms with Crippen molar-refractivity contribution in [2.24, 2.45) is 0 Å². The monoisotopic (exact) mass is 612 g/mol. The molecule has 0 radical (unpaired) electrons. The molecule has 0 bridgehead atoms. The van der Waals surface area contributed by atoms with Gasteiger partial charge in [0.05, 0.1) is 30.4 Å². The average molecular weight is 613 g/mol. The molecule has 4 aromatic carbocycles. The fraction of sp³-hybridized carbons (Fsp3) is 0.229. The number of carbonyl (C=O) groups is 3. The molecule has 4 aromatic rings. The zero-order chi connectivity index (χ0) is 31.6. The van der Waals surface area contributed by atoms with Gasteiger partial charge in [0.2, 0.25) is 0 Å². The SMILES string of the molecule is COc1ccc(COC2C(OC(=O)c3ccccc3)C(O)OC(COC(=O)c3ccccc3)C2OC(=O)c2ccccc2)cc1. The maximum absolute atomic E-state index is 13.3. The molecular formula is C35H32O10. The van der Waals surface area contributed by atoms with Crippen molar-refractivity contribution in [2.75, 3.05) is 13.7 Å². The first-order chi connectivity index (χ1) is 21.9. The van der Waals surface area contributed by atoms with Gasteiger partial charge >= 0.3 is 17.9 Å². The lowest BCUT2D eigenvalue weighted by Gasteiger charge is -2.43. The smallest absolute Gasteiger partial charge is 0.338 e. The maximum atomic E-state index is 13.3. The standard InChI is InChI=1S/C35H32O10/c1-40-27-19-17-23(18-20-27)21-41-30-29(44-33(37)25-13-7-3-8-14-25)28(22-42-32(36)24-11-5-2-6-12-24)43-35(39)31(30)45-34(38)26-15-9-4-10-16-26/h2-20,28-31,35,39H,21-22H2,1H3. The third-order valence-corrected chi connectivity index (χ3v) is 7.10. The summed E-state index contributed by atoms with van der Waals surface area (Å²) in [6.45, 7) is -0.421. The lowest BCUT2D eigenvalue weighted by molar-refractivity contribution is -0.294. The number of hydrogen-bond acceptors (Lipinski definition) is 10. The Kier molecular flexibility index (Phi) is 10.5. The predicted octanol–water partition coefficient (Wildman–Crippen LogP) is 4.61. The number of ether oxygens (including phenoxy) is 6. The van der Waals surface area contributed by atoms with Gasteiger partial charge in [-0.15, -0.1) is 0 Å². The minimum Gasteiger partial charge on any atom is -0.497 e. The lowest BCUT2D eigenvalue weighted by Crippen LogP contribution is -2.62. The Hall–Kier alpha value is -5.03. The Bertz CT molecular complexity index is 1540. The molecule has 1 fully saturated rings. The van der Waals surface area contributed by atoms with Crippen molar-refractivity contribution in [3.8, 4) is 5.75 Å². The third-order valence-electron chi connectivity index (χ3n) is 7.10. The van der Waals surface area contributed by atoms with Crippen LogP contribution < -0.4 is 4.74 Å². The van der Waals surface area contributed by atoms with Crippen LogP contribution in [0.1, 0.15) is 36.6 Å². The highest BCUT2D eigenvalue weighted by atomic mass is 16.7. The molecule has 5 atom stereocenters. The Labute approximate surface area is 260 Å². The van der Waals surface area contributed by atoms with E-state index in [2.05, 4.69) is 0 Å². The molecule has 5 unspecified atom stereocenters. The topological polar surface area (TPSA) is 127 Å². The summed E-state index contributed by atoms with van der Waals surface area (Å²) < 4.78 is 34.5. The highest BCUT2D eigenvalue weighted by Crippen LogP contribution is 2.30. The second-order valence-electron chi connectivity index (χ2n) is 10.1. The van der Waals surface area contributed by atoms with Crippen LogP contribution in [0.15, 0.2) is 115 Å². The number of esters is 3. The normalized spacial score (nSPS) is 20.9. The fourth-order valence-corrected chi connectivity index (χ4v) is 4.75. The Morgan fingerprint density at radius 2 is 1.13 bits per heavy atom. The molecule has 10 heteroatoms. The van der Waals surface area contributed by atoms with Crippen LogP contribution >= 0.6 is 0 Å². The summed E-state index contributed by atoms with van der Waals surface area (Å²) in [4.78, 5) is 39.2. The minimum absolute atomic E-state index is 0.0172. The fourth-order valence-electron chi connectivity index (χ4n) is 4.75. The van der Waals surface area contributed by atoms with Crippen molar-refractivity contribution in [3.05, 3.63) is 138 Å². The maximum Gasteiger partial charge on any atom is 0.338 e. The second kappa shape index (κ2) is 15.1. The summed E-state index contributed by atoms with van der Waals surface area (Å²) in [5, 5.41) is 11.1. The van der Waals surface area contributed by atoms with Gasteiger partial charge in [-0.3, -0.25) is 0 Å². The van der Waals surface area contributed by atoms with Crippen molar-refractivity contribution < 1.29 is 47.9 Å². The molecule has 10 nitrogen and oxygen atoms in total. The zero-order valence-corrected chi connectivity index (χ0v) is 24.4. The van der Waals surface area contributed by atoms with Gasteiger partial charge in [0.1, 0.15) is 24.6 Å². The molecule has 1 saturated heterocycles. The first-order valence-electron chi connectivity index (χ1n) is 14.2. The number of hydrogen-bond donors (Lipinski definition) is 1. The highest BCUT2D eigenvalue weighted by molar-refractivity contribution is 5.90. The Morgan fingerprint density at radius 3 is 1.64 bits per heavy atom. The zero-order valence-electron chi connectivity index (χ0n) is 24.4. The summed E-state index contributed by atoms with van der Waals surface area (Å²) in [7, 11) is 1.55. The molecular weight excluding hydrogens is 580 g/mol. The first-order valence-corrected chi connectivity index (χ1v) is 14.2. The van der Waals surface area contributed by atoms with Crippen LogP contribution in [0.3, 0.4) is 0 Å². The minimum atomic E-state index is -1.72. The summed E-state index contributed by atoms with van der Waals surface area (Å²) in [5.74, 6) is -1.46. The number of benzene rings is 4. The van der Waals surface area contributed by atoms with Gasteiger partial charge in [-0.25, -0.2) is 14.4 Å². The van der Waals surface area contributed by atoms with Gasteiger partial charge in [-0.2, -0.15) is 0 Å². The molecule has 0 amide bonds. The first kappa shape index (κ1) is 31.4. The molecule has 0 aromatic heterocycles. The molecule has 1 aliphatic rings.